The van der Waals surface area contributed by atoms with Gasteiger partial charge in [-0.05, 0) is 24.6 Å². The van der Waals surface area contributed by atoms with Gasteiger partial charge < -0.3 is 15.8 Å². The molecular weight excluding hydrogens is 273 g/mol. The summed E-state index contributed by atoms with van der Waals surface area (Å²) in [6.45, 7) is 1.67. The van der Waals surface area contributed by atoms with Crippen LogP contribution in [0.5, 0.6) is 5.75 Å². The molecule has 112 valence electrons. The molecule has 0 heterocycles. The highest BCUT2D eigenvalue weighted by molar-refractivity contribution is 5.81. The van der Waals surface area contributed by atoms with Crippen molar-refractivity contribution >= 4 is 5.91 Å². The quantitative estimate of drug-likeness (QED) is 0.873. The fourth-order valence-electron chi connectivity index (χ4n) is 1.64. The number of carbonyl (C=O) groups excluding carboxylic acids is 1. The van der Waals surface area contributed by atoms with Crippen LogP contribution in [0, 0.1) is 0 Å². The molecule has 1 aromatic rings. The van der Waals surface area contributed by atoms with Crippen LogP contribution in [0.2, 0.25) is 0 Å². The highest BCUT2D eigenvalue weighted by atomic mass is 19.4. The Morgan fingerprint density at radius 3 is 2.35 bits per heavy atom. The normalized spacial score (nSPS) is 14.5. The summed E-state index contributed by atoms with van der Waals surface area (Å²) < 4.78 is 41.4. The van der Waals surface area contributed by atoms with Gasteiger partial charge in [-0.2, -0.15) is 13.2 Å². The van der Waals surface area contributed by atoms with Crippen molar-refractivity contribution in [2.45, 2.75) is 31.6 Å². The number of hydrogen-bond acceptors (Lipinski definition) is 3. The number of hydrogen-bond donors (Lipinski definition) is 2. The Kier molecular flexibility index (Phi) is 5.38. The smallest absolute Gasteiger partial charge is 0.391 e. The van der Waals surface area contributed by atoms with Gasteiger partial charge in [0.2, 0.25) is 5.91 Å². The summed E-state index contributed by atoms with van der Waals surface area (Å²) in [6, 6.07) is 4.81. The van der Waals surface area contributed by atoms with Gasteiger partial charge in [-0.15, -0.1) is 0 Å². The molecule has 7 heteroatoms. The first-order chi connectivity index (χ1) is 9.23. The molecule has 4 nitrogen and oxygen atoms in total. The Balaban J connectivity index is 2.60. The van der Waals surface area contributed by atoms with Crippen LogP contribution in [0.1, 0.15) is 24.9 Å². The van der Waals surface area contributed by atoms with Crippen molar-refractivity contribution < 1.29 is 22.7 Å². The van der Waals surface area contributed by atoms with E-state index in [1.54, 1.807) is 31.2 Å². The number of nitrogens with one attached hydrogen (secondary N) is 1. The van der Waals surface area contributed by atoms with Crippen LogP contribution in [-0.4, -0.2) is 25.2 Å². The second-order valence-corrected chi connectivity index (χ2v) is 4.43. The first-order valence-corrected chi connectivity index (χ1v) is 5.99. The number of carbonyl (C=O) groups is 1. The van der Waals surface area contributed by atoms with E-state index in [-0.39, 0.29) is 0 Å². The number of ether oxygens (including phenoxy) is 1. The molecule has 0 aliphatic rings. The Morgan fingerprint density at radius 1 is 1.35 bits per heavy atom. The van der Waals surface area contributed by atoms with E-state index in [1.165, 1.54) is 7.11 Å². The molecule has 0 aliphatic heterocycles. The minimum Gasteiger partial charge on any atom is -0.497 e. The largest absolute Gasteiger partial charge is 0.497 e. The van der Waals surface area contributed by atoms with Gasteiger partial charge in [0, 0.05) is 0 Å². The van der Waals surface area contributed by atoms with Crippen molar-refractivity contribution in [3.63, 3.8) is 0 Å². The number of nitrogens with two attached hydrogens (primary N) is 1. The van der Waals surface area contributed by atoms with E-state index in [2.05, 4.69) is 5.32 Å². The first kappa shape index (κ1) is 16.3. The molecule has 0 bridgehead atoms. The third-order valence-electron chi connectivity index (χ3n) is 2.76. The van der Waals surface area contributed by atoms with Crippen molar-refractivity contribution in [1.29, 1.82) is 0 Å². The van der Waals surface area contributed by atoms with Crippen LogP contribution in [0.3, 0.4) is 0 Å². The summed E-state index contributed by atoms with van der Waals surface area (Å²) in [5.74, 6) is -0.174. The molecule has 0 saturated heterocycles. The van der Waals surface area contributed by atoms with Crippen LogP contribution in [0.15, 0.2) is 24.3 Å². The SMILES string of the molecule is COc1ccc([C@H](C)NC(=O)C(N)CC(F)(F)F)cc1. The molecule has 0 saturated carbocycles. The molecule has 0 aromatic heterocycles. The summed E-state index contributed by atoms with van der Waals surface area (Å²) in [5, 5.41) is 2.45. The lowest BCUT2D eigenvalue weighted by molar-refractivity contribution is -0.147. The van der Waals surface area contributed by atoms with Crippen molar-refractivity contribution in [2.24, 2.45) is 5.73 Å². The van der Waals surface area contributed by atoms with Gasteiger partial charge in [0.15, 0.2) is 0 Å². The second-order valence-electron chi connectivity index (χ2n) is 4.43. The predicted molar refractivity (Wildman–Crippen MR) is 68.2 cm³/mol. The minimum absolute atomic E-state index is 0.437. The Hall–Kier alpha value is -1.76. The Bertz CT molecular complexity index is 446. The number of methoxy groups -OCH3 is 1. The van der Waals surface area contributed by atoms with Crippen molar-refractivity contribution in [2.75, 3.05) is 7.11 Å². The molecule has 0 radical (unpaired) electrons. The lowest BCUT2D eigenvalue weighted by Gasteiger charge is -2.19. The van der Waals surface area contributed by atoms with Crippen LogP contribution < -0.4 is 15.8 Å². The van der Waals surface area contributed by atoms with E-state index >= 15 is 0 Å². The average Bonchev–Trinajstić information content (AvgIpc) is 2.36. The Morgan fingerprint density at radius 2 is 1.90 bits per heavy atom. The van der Waals surface area contributed by atoms with Crippen LogP contribution >= 0.6 is 0 Å². The lowest BCUT2D eigenvalue weighted by atomic mass is 10.1. The van der Waals surface area contributed by atoms with Crippen molar-refractivity contribution in [3.05, 3.63) is 29.8 Å². The number of amides is 1. The lowest BCUT2D eigenvalue weighted by Crippen LogP contribution is -2.44. The summed E-state index contributed by atoms with van der Waals surface area (Å²) >= 11 is 0. The molecule has 1 unspecified atom stereocenters. The molecule has 1 amide bonds. The van der Waals surface area contributed by atoms with Gasteiger partial charge in [-0.1, -0.05) is 12.1 Å². The number of alkyl halides is 3. The average molecular weight is 290 g/mol. The van der Waals surface area contributed by atoms with Gasteiger partial charge >= 0.3 is 6.18 Å². The summed E-state index contributed by atoms with van der Waals surface area (Å²) in [6.07, 6.45) is -5.80. The second kappa shape index (κ2) is 6.60. The number of benzene rings is 1. The fraction of sp³-hybridized carbons (Fsp3) is 0.462. The number of halogens is 3. The van der Waals surface area contributed by atoms with Gasteiger partial charge in [0.1, 0.15) is 5.75 Å². The highest BCUT2D eigenvalue weighted by Crippen LogP contribution is 2.21. The zero-order chi connectivity index (χ0) is 15.3. The number of rotatable bonds is 5. The summed E-state index contributed by atoms with van der Waals surface area (Å²) in [4.78, 5) is 11.6. The van der Waals surface area contributed by atoms with Crippen molar-refractivity contribution in [1.82, 2.24) is 5.32 Å². The third kappa shape index (κ3) is 5.08. The molecule has 20 heavy (non-hydrogen) atoms. The maximum Gasteiger partial charge on any atom is 0.391 e. The molecular formula is C13H17F3N2O2. The van der Waals surface area contributed by atoms with Gasteiger partial charge in [0.25, 0.3) is 0 Å². The molecule has 0 fully saturated rings. The maximum absolute atomic E-state index is 12.1. The maximum atomic E-state index is 12.1. The van der Waals surface area contributed by atoms with E-state index in [0.29, 0.717) is 5.75 Å². The molecule has 0 aliphatic carbocycles. The van der Waals surface area contributed by atoms with E-state index < -0.39 is 30.6 Å². The molecule has 0 spiro atoms. The predicted octanol–water partition coefficient (Wildman–Crippen LogP) is 2.15. The highest BCUT2D eigenvalue weighted by Gasteiger charge is 2.33. The summed E-state index contributed by atoms with van der Waals surface area (Å²) in [7, 11) is 1.52. The zero-order valence-corrected chi connectivity index (χ0v) is 11.2. The Labute approximate surface area is 115 Å². The van der Waals surface area contributed by atoms with Crippen LogP contribution in [0.4, 0.5) is 13.2 Å². The fourth-order valence-corrected chi connectivity index (χ4v) is 1.64. The first-order valence-electron chi connectivity index (χ1n) is 5.99. The monoisotopic (exact) mass is 290 g/mol. The van der Waals surface area contributed by atoms with Crippen LogP contribution in [-0.2, 0) is 4.79 Å². The molecule has 3 N–H and O–H groups in total. The third-order valence-corrected chi connectivity index (χ3v) is 2.76. The van der Waals surface area contributed by atoms with E-state index in [4.69, 9.17) is 10.5 Å². The van der Waals surface area contributed by atoms with E-state index in [0.717, 1.165) is 5.56 Å². The zero-order valence-electron chi connectivity index (χ0n) is 11.2. The van der Waals surface area contributed by atoms with Gasteiger partial charge in [0.05, 0.1) is 25.6 Å². The van der Waals surface area contributed by atoms with E-state index in [9.17, 15) is 18.0 Å². The van der Waals surface area contributed by atoms with E-state index in [1.807, 2.05) is 0 Å². The topological polar surface area (TPSA) is 64.3 Å². The van der Waals surface area contributed by atoms with Crippen molar-refractivity contribution in [3.8, 4) is 5.75 Å². The molecule has 1 rings (SSSR count). The van der Waals surface area contributed by atoms with Gasteiger partial charge in [-0.3, -0.25) is 4.79 Å². The molecule has 2 atom stereocenters. The van der Waals surface area contributed by atoms with Gasteiger partial charge in [-0.25, -0.2) is 0 Å². The minimum atomic E-state index is -4.46. The standard InChI is InChI=1S/C13H17F3N2O2/c1-8(9-3-5-10(20-2)6-4-9)18-12(19)11(17)7-13(14,15)16/h3-6,8,11H,7,17H2,1-2H3,(H,18,19)/t8-,11?/m0/s1. The van der Waals surface area contributed by atoms with Crippen LogP contribution in [0.25, 0.3) is 0 Å². The molecule has 1 aromatic carbocycles. The summed E-state index contributed by atoms with van der Waals surface area (Å²) in [5.41, 5.74) is 5.97.